The molecular formula is C24H31N. The van der Waals surface area contributed by atoms with Crippen molar-refractivity contribution in [1.82, 2.24) is 4.90 Å². The molecule has 3 rings (SSSR count). The Kier molecular flexibility index (Phi) is 6.09. The standard InChI is InChI=1S/C24H31N/c1-3-24(23-14-8-5-9-15-23,25(2)20-18-22-16-17-22)19-10-13-21-11-6-4-7-12-21/h4-15,22H,3,16-20H2,1-2H3/b13-10+. The lowest BCUT2D eigenvalue weighted by Crippen LogP contribution is -2.43. The summed E-state index contributed by atoms with van der Waals surface area (Å²) in [5, 5.41) is 0. The van der Waals surface area contributed by atoms with E-state index in [-0.39, 0.29) is 5.54 Å². The molecule has 0 aliphatic heterocycles. The molecule has 1 aliphatic rings. The fourth-order valence-electron chi connectivity index (χ4n) is 3.81. The Morgan fingerprint density at radius 2 is 1.64 bits per heavy atom. The van der Waals surface area contributed by atoms with Gasteiger partial charge in [-0.15, -0.1) is 0 Å². The third-order valence-electron chi connectivity index (χ3n) is 5.76. The highest BCUT2D eigenvalue weighted by Crippen LogP contribution is 2.38. The van der Waals surface area contributed by atoms with Crippen LogP contribution in [0.1, 0.15) is 50.2 Å². The van der Waals surface area contributed by atoms with Crippen LogP contribution in [-0.2, 0) is 5.54 Å². The van der Waals surface area contributed by atoms with Gasteiger partial charge in [-0.1, -0.05) is 92.6 Å². The van der Waals surface area contributed by atoms with Gasteiger partial charge in [0.15, 0.2) is 0 Å². The zero-order chi connectivity index (χ0) is 17.5. The average molecular weight is 334 g/mol. The molecule has 0 spiro atoms. The summed E-state index contributed by atoms with van der Waals surface area (Å²) in [6, 6.07) is 21.7. The van der Waals surface area contributed by atoms with Crippen molar-refractivity contribution in [3.8, 4) is 0 Å². The van der Waals surface area contributed by atoms with E-state index in [1.165, 1.54) is 36.9 Å². The maximum absolute atomic E-state index is 2.61. The molecule has 0 radical (unpaired) electrons. The van der Waals surface area contributed by atoms with Crippen molar-refractivity contribution >= 4 is 6.08 Å². The number of hydrogen-bond acceptors (Lipinski definition) is 1. The first-order valence-corrected chi connectivity index (χ1v) is 9.73. The Morgan fingerprint density at radius 3 is 2.24 bits per heavy atom. The fourth-order valence-corrected chi connectivity index (χ4v) is 3.81. The number of hydrogen-bond donors (Lipinski definition) is 0. The second kappa shape index (κ2) is 8.49. The summed E-state index contributed by atoms with van der Waals surface area (Å²) < 4.78 is 0. The molecule has 0 N–H and O–H groups in total. The highest BCUT2D eigenvalue weighted by atomic mass is 15.2. The Bertz CT molecular complexity index is 657. The van der Waals surface area contributed by atoms with E-state index in [1.54, 1.807) is 0 Å². The molecule has 1 saturated carbocycles. The second-order valence-corrected chi connectivity index (χ2v) is 7.42. The fraction of sp³-hybridized carbons (Fsp3) is 0.417. The minimum atomic E-state index is 0.0848. The quantitative estimate of drug-likeness (QED) is 0.534. The molecule has 1 fully saturated rings. The van der Waals surface area contributed by atoms with E-state index >= 15 is 0 Å². The normalized spacial score (nSPS) is 17.1. The molecule has 1 aliphatic carbocycles. The molecular weight excluding hydrogens is 302 g/mol. The molecule has 2 aromatic rings. The van der Waals surface area contributed by atoms with Gasteiger partial charge in [0, 0.05) is 5.54 Å². The van der Waals surface area contributed by atoms with Gasteiger partial charge in [-0.25, -0.2) is 0 Å². The topological polar surface area (TPSA) is 3.24 Å². The van der Waals surface area contributed by atoms with Crippen molar-refractivity contribution in [3.63, 3.8) is 0 Å². The van der Waals surface area contributed by atoms with Crippen molar-refractivity contribution < 1.29 is 0 Å². The Morgan fingerprint density at radius 1 is 1.00 bits per heavy atom. The van der Waals surface area contributed by atoms with Crippen molar-refractivity contribution in [2.75, 3.05) is 13.6 Å². The Balaban J connectivity index is 1.80. The van der Waals surface area contributed by atoms with E-state index in [0.29, 0.717) is 0 Å². The summed E-state index contributed by atoms with van der Waals surface area (Å²) in [5.74, 6) is 0.979. The van der Waals surface area contributed by atoms with Gasteiger partial charge < -0.3 is 0 Å². The van der Waals surface area contributed by atoms with E-state index < -0.39 is 0 Å². The maximum atomic E-state index is 2.61. The van der Waals surface area contributed by atoms with Gasteiger partial charge in [-0.2, -0.15) is 0 Å². The van der Waals surface area contributed by atoms with E-state index in [4.69, 9.17) is 0 Å². The van der Waals surface area contributed by atoms with E-state index in [1.807, 2.05) is 0 Å². The number of benzene rings is 2. The summed E-state index contributed by atoms with van der Waals surface area (Å²) in [7, 11) is 2.31. The van der Waals surface area contributed by atoms with Crippen molar-refractivity contribution in [3.05, 3.63) is 77.9 Å². The van der Waals surface area contributed by atoms with Crippen LogP contribution in [0.2, 0.25) is 0 Å². The number of nitrogens with zero attached hydrogens (tertiary/aromatic N) is 1. The zero-order valence-corrected chi connectivity index (χ0v) is 15.7. The molecule has 1 nitrogen and oxygen atoms in total. The first kappa shape index (κ1) is 17.9. The van der Waals surface area contributed by atoms with E-state index in [2.05, 4.69) is 91.7 Å². The average Bonchev–Trinajstić information content (AvgIpc) is 3.50. The zero-order valence-electron chi connectivity index (χ0n) is 15.7. The molecule has 0 amide bonds. The Labute approximate surface area is 153 Å². The van der Waals surface area contributed by atoms with Crippen LogP contribution in [0.5, 0.6) is 0 Å². The third-order valence-corrected chi connectivity index (χ3v) is 5.76. The molecule has 0 saturated heterocycles. The van der Waals surface area contributed by atoms with Crippen molar-refractivity contribution in [2.45, 2.75) is 44.6 Å². The van der Waals surface area contributed by atoms with Gasteiger partial charge in [0.2, 0.25) is 0 Å². The molecule has 1 heteroatoms. The lowest BCUT2D eigenvalue weighted by molar-refractivity contribution is 0.110. The summed E-state index contributed by atoms with van der Waals surface area (Å²) in [5.41, 5.74) is 2.80. The first-order valence-electron chi connectivity index (χ1n) is 9.73. The van der Waals surface area contributed by atoms with Gasteiger partial charge in [0.05, 0.1) is 0 Å². The molecule has 0 aromatic heterocycles. The summed E-state index contributed by atoms with van der Waals surface area (Å²) in [6.45, 7) is 3.52. The van der Waals surface area contributed by atoms with E-state index in [9.17, 15) is 0 Å². The highest BCUT2D eigenvalue weighted by molar-refractivity contribution is 5.49. The summed E-state index contributed by atoms with van der Waals surface area (Å²) in [6.07, 6.45) is 11.0. The molecule has 0 bridgehead atoms. The van der Waals surface area contributed by atoms with Crippen LogP contribution in [0.25, 0.3) is 6.08 Å². The molecule has 1 atom stereocenters. The SMILES string of the molecule is CCC(C/C=C/c1ccccc1)(c1ccccc1)N(C)CCC1CC1. The van der Waals surface area contributed by atoms with Crippen molar-refractivity contribution in [2.24, 2.45) is 5.92 Å². The summed E-state index contributed by atoms with van der Waals surface area (Å²) >= 11 is 0. The van der Waals surface area contributed by atoms with Crippen LogP contribution in [0.4, 0.5) is 0 Å². The molecule has 25 heavy (non-hydrogen) atoms. The highest BCUT2D eigenvalue weighted by Gasteiger charge is 2.34. The van der Waals surface area contributed by atoms with Gasteiger partial charge in [-0.3, -0.25) is 4.90 Å². The van der Waals surface area contributed by atoms with Crippen LogP contribution in [0.3, 0.4) is 0 Å². The van der Waals surface area contributed by atoms with Crippen LogP contribution in [-0.4, -0.2) is 18.5 Å². The second-order valence-electron chi connectivity index (χ2n) is 7.42. The first-order chi connectivity index (χ1) is 12.2. The van der Waals surface area contributed by atoms with Gasteiger partial charge in [0.25, 0.3) is 0 Å². The minimum absolute atomic E-state index is 0.0848. The van der Waals surface area contributed by atoms with E-state index in [0.717, 1.165) is 18.8 Å². The predicted octanol–water partition coefficient (Wildman–Crippen LogP) is 6.13. The molecule has 1 unspecified atom stereocenters. The largest absolute Gasteiger partial charge is 0.296 e. The van der Waals surface area contributed by atoms with Crippen LogP contribution in [0.15, 0.2) is 66.7 Å². The molecule has 0 heterocycles. The monoisotopic (exact) mass is 333 g/mol. The van der Waals surface area contributed by atoms with Gasteiger partial charge >= 0.3 is 0 Å². The lowest BCUT2D eigenvalue weighted by Gasteiger charge is -2.42. The van der Waals surface area contributed by atoms with Crippen LogP contribution < -0.4 is 0 Å². The lowest BCUT2D eigenvalue weighted by atomic mass is 9.82. The Hall–Kier alpha value is -1.86. The van der Waals surface area contributed by atoms with Crippen LogP contribution >= 0.6 is 0 Å². The summed E-state index contributed by atoms with van der Waals surface area (Å²) in [4.78, 5) is 2.61. The maximum Gasteiger partial charge on any atom is 0.0489 e. The minimum Gasteiger partial charge on any atom is -0.296 e. The molecule has 132 valence electrons. The van der Waals surface area contributed by atoms with Gasteiger partial charge in [-0.05, 0) is 49.9 Å². The van der Waals surface area contributed by atoms with Gasteiger partial charge in [0.1, 0.15) is 0 Å². The van der Waals surface area contributed by atoms with Crippen molar-refractivity contribution in [1.29, 1.82) is 0 Å². The smallest absolute Gasteiger partial charge is 0.0489 e. The molecule has 2 aromatic carbocycles. The number of rotatable bonds is 9. The third kappa shape index (κ3) is 4.61. The van der Waals surface area contributed by atoms with Crippen LogP contribution in [0, 0.1) is 5.92 Å². The predicted molar refractivity (Wildman–Crippen MR) is 108 cm³/mol.